The predicted octanol–water partition coefficient (Wildman–Crippen LogP) is 5.79. The van der Waals surface area contributed by atoms with E-state index in [-0.39, 0.29) is 6.04 Å². The minimum absolute atomic E-state index is 0.172. The van der Waals surface area contributed by atoms with E-state index in [1.807, 2.05) is 6.07 Å². The van der Waals surface area contributed by atoms with Crippen molar-refractivity contribution in [2.24, 2.45) is 27.9 Å². The molecule has 21 heavy (non-hydrogen) atoms. The maximum atomic E-state index is 6.57. The fourth-order valence-corrected chi connectivity index (χ4v) is 8.07. The van der Waals surface area contributed by atoms with Crippen LogP contribution in [0.25, 0.3) is 0 Å². The third-order valence-electron chi connectivity index (χ3n) is 6.35. The first-order valence-electron chi connectivity index (χ1n) is 8.30. The van der Waals surface area contributed by atoms with Crippen molar-refractivity contribution in [1.82, 2.24) is 0 Å². The number of hydrogen-bond donors (Lipinski definition) is 1. The Hall–Kier alpha value is -0.0500. The Bertz CT molecular complexity index is 547. The largest absolute Gasteiger partial charge is 0.323 e. The molecule has 1 aromatic rings. The lowest BCUT2D eigenvalue weighted by Crippen LogP contribution is -2.55. The average Bonchev–Trinajstić information content (AvgIpc) is 2.70. The smallest absolute Gasteiger partial charge is 0.0931 e. The maximum Gasteiger partial charge on any atom is 0.0931 e. The van der Waals surface area contributed by atoms with Crippen LogP contribution in [-0.4, -0.2) is 0 Å². The first-order valence-corrected chi connectivity index (χ1v) is 9.49. The minimum Gasteiger partial charge on any atom is -0.323 e. The predicted molar refractivity (Wildman–Crippen MR) is 90.7 cm³/mol. The summed E-state index contributed by atoms with van der Waals surface area (Å²) in [5, 5.41) is 0. The van der Waals surface area contributed by atoms with Crippen molar-refractivity contribution in [3.05, 3.63) is 21.3 Å². The lowest BCUT2D eigenvalue weighted by Gasteiger charge is -2.66. The molecule has 4 saturated carbocycles. The van der Waals surface area contributed by atoms with E-state index in [0.29, 0.717) is 16.2 Å². The van der Waals surface area contributed by atoms with Crippen LogP contribution in [0, 0.1) is 22.2 Å². The molecule has 3 unspecified atom stereocenters. The van der Waals surface area contributed by atoms with E-state index in [1.165, 1.54) is 43.4 Å². The third kappa shape index (κ3) is 2.48. The van der Waals surface area contributed by atoms with Crippen LogP contribution >= 0.6 is 22.9 Å². The Balaban J connectivity index is 1.59. The minimum atomic E-state index is 0.172. The second-order valence-electron chi connectivity index (χ2n) is 9.08. The summed E-state index contributed by atoms with van der Waals surface area (Å²) in [7, 11) is 0. The van der Waals surface area contributed by atoms with Crippen LogP contribution in [0.2, 0.25) is 4.34 Å². The van der Waals surface area contributed by atoms with Gasteiger partial charge in [0, 0.05) is 10.9 Å². The highest BCUT2D eigenvalue weighted by Gasteiger charge is 2.60. The summed E-state index contributed by atoms with van der Waals surface area (Å²) in [6.07, 6.45) is 9.75. The highest BCUT2D eigenvalue weighted by atomic mass is 35.5. The van der Waals surface area contributed by atoms with Gasteiger partial charge in [-0.25, -0.2) is 0 Å². The monoisotopic (exact) mass is 323 g/mol. The first-order chi connectivity index (χ1) is 9.79. The Morgan fingerprint density at radius 3 is 2.38 bits per heavy atom. The third-order valence-corrected chi connectivity index (χ3v) is 7.72. The molecular formula is C18H26ClNS. The van der Waals surface area contributed by atoms with Crippen LogP contribution in [0.1, 0.15) is 69.7 Å². The molecule has 0 spiro atoms. The van der Waals surface area contributed by atoms with Crippen molar-refractivity contribution in [2.75, 3.05) is 0 Å². The molecule has 1 heterocycles. The van der Waals surface area contributed by atoms with Gasteiger partial charge in [0.2, 0.25) is 0 Å². The van der Waals surface area contributed by atoms with Crippen molar-refractivity contribution in [1.29, 1.82) is 0 Å². The second-order valence-corrected chi connectivity index (χ2v) is 10.8. The summed E-state index contributed by atoms with van der Waals surface area (Å²) in [6.45, 7) is 5.08. The number of thiophene rings is 1. The number of halogens is 1. The van der Waals surface area contributed by atoms with Crippen LogP contribution in [0.4, 0.5) is 0 Å². The summed E-state index contributed by atoms with van der Waals surface area (Å²) in [4.78, 5) is 1.27. The van der Waals surface area contributed by atoms with Crippen LogP contribution in [0.5, 0.6) is 0 Å². The van der Waals surface area contributed by atoms with Gasteiger partial charge in [-0.1, -0.05) is 25.4 Å². The molecule has 116 valence electrons. The first kappa shape index (κ1) is 14.5. The summed E-state index contributed by atoms with van der Waals surface area (Å²) in [6, 6.07) is 4.29. The Morgan fingerprint density at radius 2 is 1.86 bits per heavy atom. The summed E-state index contributed by atoms with van der Waals surface area (Å²) in [5.41, 5.74) is 8.24. The van der Waals surface area contributed by atoms with Crippen molar-refractivity contribution in [3.8, 4) is 0 Å². The van der Waals surface area contributed by atoms with Crippen LogP contribution in [-0.2, 0) is 0 Å². The Labute approximate surface area is 137 Å². The molecule has 4 bridgehead atoms. The van der Waals surface area contributed by atoms with Crippen LogP contribution in [0.15, 0.2) is 12.1 Å². The molecule has 0 aliphatic heterocycles. The lowest BCUT2D eigenvalue weighted by atomic mass is 9.39. The summed E-state index contributed by atoms with van der Waals surface area (Å²) in [5.74, 6) is 0.954. The molecule has 0 radical (unpaired) electrons. The normalized spacial score (nSPS) is 46.0. The van der Waals surface area contributed by atoms with Gasteiger partial charge in [-0.3, -0.25) is 0 Å². The molecule has 0 amide bonds. The van der Waals surface area contributed by atoms with E-state index in [2.05, 4.69) is 19.9 Å². The van der Waals surface area contributed by atoms with Gasteiger partial charge in [-0.05, 0) is 79.2 Å². The molecule has 2 N–H and O–H groups in total. The van der Waals surface area contributed by atoms with E-state index in [1.54, 1.807) is 11.3 Å². The van der Waals surface area contributed by atoms with E-state index >= 15 is 0 Å². The summed E-state index contributed by atoms with van der Waals surface area (Å²) < 4.78 is 0.866. The quantitative estimate of drug-likeness (QED) is 0.748. The SMILES string of the molecule is CC12CC3CC(C)(C1)CC(CC(N)c1ccc(Cl)s1)(C3)C2. The Morgan fingerprint density at radius 1 is 1.19 bits per heavy atom. The van der Waals surface area contributed by atoms with Gasteiger partial charge < -0.3 is 5.73 Å². The number of rotatable bonds is 3. The van der Waals surface area contributed by atoms with Gasteiger partial charge in [0.15, 0.2) is 0 Å². The summed E-state index contributed by atoms with van der Waals surface area (Å²) >= 11 is 7.75. The molecule has 0 saturated heterocycles. The van der Waals surface area contributed by atoms with Crippen LogP contribution in [0.3, 0.4) is 0 Å². The maximum absolute atomic E-state index is 6.57. The molecule has 5 rings (SSSR count). The molecule has 0 aromatic carbocycles. The highest BCUT2D eigenvalue weighted by Crippen LogP contribution is 2.71. The topological polar surface area (TPSA) is 26.0 Å². The highest BCUT2D eigenvalue weighted by molar-refractivity contribution is 7.16. The van der Waals surface area contributed by atoms with Gasteiger partial charge in [-0.2, -0.15) is 0 Å². The van der Waals surface area contributed by atoms with Crippen molar-refractivity contribution < 1.29 is 0 Å². The van der Waals surface area contributed by atoms with Crippen molar-refractivity contribution in [2.45, 2.75) is 64.8 Å². The van der Waals surface area contributed by atoms with E-state index in [9.17, 15) is 0 Å². The molecule has 4 aliphatic rings. The van der Waals surface area contributed by atoms with Gasteiger partial charge in [0.05, 0.1) is 4.34 Å². The van der Waals surface area contributed by atoms with E-state index in [0.717, 1.165) is 16.7 Å². The zero-order chi connectivity index (χ0) is 14.9. The Kier molecular flexibility index (Phi) is 3.11. The van der Waals surface area contributed by atoms with E-state index < -0.39 is 0 Å². The molecule has 3 heteroatoms. The van der Waals surface area contributed by atoms with Crippen molar-refractivity contribution >= 4 is 22.9 Å². The van der Waals surface area contributed by atoms with E-state index in [4.69, 9.17) is 17.3 Å². The molecule has 1 aromatic heterocycles. The second kappa shape index (κ2) is 4.49. The standard InChI is InChI=1S/C18H26ClNS/c1-16-5-12-6-17(2,9-16)11-18(7-12,10-16)8-13(20)14-3-4-15(19)21-14/h3-4,12-13H,5-11,20H2,1-2H3. The average molecular weight is 324 g/mol. The van der Waals surface area contributed by atoms with Gasteiger partial charge in [0.25, 0.3) is 0 Å². The molecular weight excluding hydrogens is 298 g/mol. The number of hydrogen-bond acceptors (Lipinski definition) is 2. The molecule has 3 atom stereocenters. The van der Waals surface area contributed by atoms with Crippen molar-refractivity contribution in [3.63, 3.8) is 0 Å². The molecule has 1 nitrogen and oxygen atoms in total. The zero-order valence-electron chi connectivity index (χ0n) is 13.1. The molecule has 4 fully saturated rings. The van der Waals surface area contributed by atoms with Gasteiger partial charge >= 0.3 is 0 Å². The number of nitrogens with two attached hydrogens (primary N) is 1. The lowest BCUT2D eigenvalue weighted by molar-refractivity contribution is -0.149. The fourth-order valence-electron chi connectivity index (χ4n) is 7.01. The van der Waals surface area contributed by atoms with Crippen LogP contribution < -0.4 is 5.73 Å². The zero-order valence-corrected chi connectivity index (χ0v) is 14.7. The fraction of sp³-hybridized carbons (Fsp3) is 0.778. The van der Waals surface area contributed by atoms with Gasteiger partial charge in [0.1, 0.15) is 0 Å². The van der Waals surface area contributed by atoms with Gasteiger partial charge in [-0.15, -0.1) is 11.3 Å². The molecule has 4 aliphatic carbocycles.